The molecule has 3 aliphatic rings. The van der Waals surface area contributed by atoms with Crippen LogP contribution in [0.3, 0.4) is 0 Å². The van der Waals surface area contributed by atoms with E-state index in [0.717, 1.165) is 18.4 Å². The maximum atomic E-state index is 13.3. The minimum absolute atomic E-state index is 0.0753. The van der Waals surface area contributed by atoms with Crippen LogP contribution in [-0.2, 0) is 14.3 Å². The van der Waals surface area contributed by atoms with Crippen molar-refractivity contribution in [3.63, 3.8) is 0 Å². The standard InChI is InChI=1S/C24H28ClN7O3/c1-2-18(33)31-8-4-6-17(14-31)32-22-19(21(26)27-15-28-22)20(29-32)16-5-3-7-24(25,13-16)23(34)30-9-11-35-12-10-30/h2-3,5,7,15,17H,1,4,6,8-14H2,(H2,26,27,28)/t17-,24?/m1/s1. The van der Waals surface area contributed by atoms with Gasteiger partial charge in [0.15, 0.2) is 5.65 Å². The Morgan fingerprint density at radius 2 is 2.03 bits per heavy atom. The summed E-state index contributed by atoms with van der Waals surface area (Å²) in [6, 6.07) is -0.0753. The predicted molar refractivity (Wildman–Crippen MR) is 133 cm³/mol. The van der Waals surface area contributed by atoms with Gasteiger partial charge in [0.2, 0.25) is 11.8 Å². The molecule has 2 aromatic rings. The molecule has 2 saturated heterocycles. The van der Waals surface area contributed by atoms with Gasteiger partial charge in [0, 0.05) is 32.6 Å². The summed E-state index contributed by atoms with van der Waals surface area (Å²) >= 11 is 6.91. The van der Waals surface area contributed by atoms with Crippen LogP contribution in [0.2, 0.25) is 0 Å². The second-order valence-electron chi connectivity index (χ2n) is 9.03. The first-order valence-corrected chi connectivity index (χ1v) is 12.1. The third kappa shape index (κ3) is 4.32. The van der Waals surface area contributed by atoms with Crippen molar-refractivity contribution in [3.05, 3.63) is 42.9 Å². The fourth-order valence-electron chi connectivity index (χ4n) is 5.01. The van der Waals surface area contributed by atoms with Crippen LogP contribution in [0.4, 0.5) is 5.82 Å². The molecule has 2 aromatic heterocycles. The highest BCUT2D eigenvalue weighted by Gasteiger charge is 2.41. The van der Waals surface area contributed by atoms with Crippen molar-refractivity contribution in [2.24, 2.45) is 0 Å². The Balaban J connectivity index is 1.50. The van der Waals surface area contributed by atoms with E-state index in [9.17, 15) is 9.59 Å². The minimum Gasteiger partial charge on any atom is -0.383 e. The summed E-state index contributed by atoms with van der Waals surface area (Å²) in [7, 11) is 0. The number of nitrogens with two attached hydrogens (primary N) is 1. The summed E-state index contributed by atoms with van der Waals surface area (Å²) < 4.78 is 7.21. The first kappa shape index (κ1) is 23.5. The molecule has 4 heterocycles. The van der Waals surface area contributed by atoms with Crippen molar-refractivity contribution in [2.45, 2.75) is 30.2 Å². The molecule has 2 fully saturated rings. The number of nitrogens with zero attached hydrogens (tertiary/aromatic N) is 6. The monoisotopic (exact) mass is 497 g/mol. The molecular weight excluding hydrogens is 470 g/mol. The highest BCUT2D eigenvalue weighted by molar-refractivity contribution is 6.37. The number of nitrogen functional groups attached to an aromatic ring is 1. The second-order valence-corrected chi connectivity index (χ2v) is 9.70. The quantitative estimate of drug-likeness (QED) is 0.506. The Bertz CT molecular complexity index is 1230. The van der Waals surface area contributed by atoms with Crippen LogP contribution in [0, 0.1) is 0 Å². The number of piperidine rings is 1. The zero-order chi connectivity index (χ0) is 24.6. The van der Waals surface area contributed by atoms with Crippen LogP contribution < -0.4 is 5.73 Å². The van der Waals surface area contributed by atoms with Crippen LogP contribution in [0.25, 0.3) is 16.6 Å². The Hall–Kier alpha value is -3.24. The maximum absolute atomic E-state index is 13.3. The number of morpholine rings is 1. The van der Waals surface area contributed by atoms with Crippen molar-refractivity contribution in [3.8, 4) is 0 Å². The third-order valence-electron chi connectivity index (χ3n) is 6.81. The zero-order valence-electron chi connectivity index (χ0n) is 19.4. The van der Waals surface area contributed by atoms with Gasteiger partial charge in [-0.05, 0) is 24.5 Å². The van der Waals surface area contributed by atoms with Crippen LogP contribution in [0.1, 0.15) is 31.0 Å². The molecule has 1 unspecified atom stereocenters. The van der Waals surface area contributed by atoms with E-state index >= 15 is 0 Å². The molecule has 5 rings (SSSR count). The first-order valence-electron chi connectivity index (χ1n) is 11.8. The van der Waals surface area contributed by atoms with Gasteiger partial charge in [0.25, 0.3) is 0 Å². The van der Waals surface area contributed by atoms with Crippen LogP contribution in [-0.4, -0.2) is 85.6 Å². The van der Waals surface area contributed by atoms with E-state index in [1.165, 1.54) is 12.4 Å². The van der Waals surface area contributed by atoms with Crippen molar-refractivity contribution in [1.82, 2.24) is 29.5 Å². The molecule has 10 nitrogen and oxygen atoms in total. The normalized spacial score (nSPS) is 24.9. The molecule has 35 heavy (non-hydrogen) atoms. The Kier molecular flexibility index (Phi) is 6.33. The topological polar surface area (TPSA) is 119 Å². The van der Waals surface area contributed by atoms with Crippen molar-refractivity contribution < 1.29 is 14.3 Å². The average molecular weight is 498 g/mol. The average Bonchev–Trinajstić information content (AvgIpc) is 3.29. The molecule has 2 aliphatic heterocycles. The fraction of sp³-hybridized carbons (Fsp3) is 0.458. The van der Waals surface area contributed by atoms with Crippen molar-refractivity contribution in [1.29, 1.82) is 0 Å². The molecule has 0 bridgehead atoms. The number of fused-ring (bicyclic) bond motifs is 1. The lowest BCUT2D eigenvalue weighted by molar-refractivity contribution is -0.136. The van der Waals surface area contributed by atoms with Gasteiger partial charge in [-0.2, -0.15) is 5.10 Å². The predicted octanol–water partition coefficient (Wildman–Crippen LogP) is 1.94. The number of amides is 2. The number of anilines is 1. The Morgan fingerprint density at radius 3 is 2.80 bits per heavy atom. The smallest absolute Gasteiger partial charge is 0.248 e. The van der Waals surface area contributed by atoms with Crippen LogP contribution in [0.5, 0.6) is 0 Å². The SMILES string of the molecule is C=CC(=O)N1CCC[C@@H](n2nc(C3=CC=CC(Cl)(C(=O)N4CCOCC4)C3)c3c(N)ncnc32)C1. The van der Waals surface area contributed by atoms with Gasteiger partial charge in [-0.3, -0.25) is 9.59 Å². The van der Waals surface area contributed by atoms with E-state index in [4.69, 9.17) is 27.2 Å². The zero-order valence-corrected chi connectivity index (χ0v) is 20.2. The van der Waals surface area contributed by atoms with Gasteiger partial charge in [0.1, 0.15) is 22.7 Å². The van der Waals surface area contributed by atoms with E-state index in [0.29, 0.717) is 61.9 Å². The molecule has 0 aromatic carbocycles. The lowest BCUT2D eigenvalue weighted by Gasteiger charge is -2.34. The van der Waals surface area contributed by atoms with E-state index in [2.05, 4.69) is 16.5 Å². The molecular formula is C24H28ClN7O3. The fourth-order valence-corrected chi connectivity index (χ4v) is 5.35. The minimum atomic E-state index is -1.22. The summed E-state index contributed by atoms with van der Waals surface area (Å²) in [5, 5.41) is 5.54. The Labute approximate surface area is 208 Å². The van der Waals surface area contributed by atoms with E-state index < -0.39 is 4.87 Å². The Morgan fingerprint density at radius 1 is 1.23 bits per heavy atom. The first-order chi connectivity index (χ1) is 16.9. The highest BCUT2D eigenvalue weighted by Crippen LogP contribution is 2.40. The van der Waals surface area contributed by atoms with Gasteiger partial charge in [-0.15, -0.1) is 11.6 Å². The third-order valence-corrected chi connectivity index (χ3v) is 7.23. The molecule has 0 saturated carbocycles. The number of hydrogen-bond donors (Lipinski definition) is 1. The number of aromatic nitrogens is 4. The second kappa shape index (κ2) is 9.43. The van der Waals surface area contributed by atoms with Gasteiger partial charge >= 0.3 is 0 Å². The summed E-state index contributed by atoms with van der Waals surface area (Å²) in [5.41, 5.74) is 8.28. The molecule has 2 amide bonds. The van der Waals surface area contributed by atoms with E-state index in [1.807, 2.05) is 10.8 Å². The summed E-state index contributed by atoms with van der Waals surface area (Å²) in [4.78, 5) is 36.5. The summed E-state index contributed by atoms with van der Waals surface area (Å²) in [6.45, 7) is 6.81. The van der Waals surface area contributed by atoms with Crippen molar-refractivity contribution >= 4 is 45.8 Å². The molecule has 0 radical (unpaired) electrons. The number of hydrogen-bond acceptors (Lipinski definition) is 7. The highest BCUT2D eigenvalue weighted by atomic mass is 35.5. The molecule has 1 aliphatic carbocycles. The summed E-state index contributed by atoms with van der Waals surface area (Å²) in [5.74, 6) is 0.0542. The number of ether oxygens (including phenoxy) is 1. The van der Waals surface area contributed by atoms with Crippen LogP contribution in [0.15, 0.2) is 37.2 Å². The molecule has 0 spiro atoms. The number of likely N-dealkylation sites (tertiary alicyclic amines) is 1. The molecule has 2 atom stereocenters. The number of halogens is 1. The number of carbonyl (C=O) groups is 2. The molecule has 2 N–H and O–H groups in total. The maximum Gasteiger partial charge on any atom is 0.248 e. The van der Waals surface area contributed by atoms with E-state index in [-0.39, 0.29) is 24.3 Å². The van der Waals surface area contributed by atoms with Crippen LogP contribution >= 0.6 is 11.6 Å². The largest absolute Gasteiger partial charge is 0.383 e. The number of carbonyl (C=O) groups excluding carboxylic acids is 2. The van der Waals surface area contributed by atoms with Gasteiger partial charge in [0.05, 0.1) is 24.6 Å². The lowest BCUT2D eigenvalue weighted by Crippen LogP contribution is -2.49. The number of allylic oxidation sites excluding steroid dienone is 3. The molecule has 11 heteroatoms. The summed E-state index contributed by atoms with van der Waals surface area (Å²) in [6.07, 6.45) is 10.1. The van der Waals surface area contributed by atoms with Gasteiger partial charge in [-0.1, -0.05) is 24.8 Å². The number of alkyl halides is 1. The lowest BCUT2D eigenvalue weighted by atomic mass is 9.89. The molecule has 184 valence electrons. The number of rotatable bonds is 4. The van der Waals surface area contributed by atoms with Crippen molar-refractivity contribution in [2.75, 3.05) is 45.1 Å². The van der Waals surface area contributed by atoms with E-state index in [1.54, 1.807) is 22.0 Å². The van der Waals surface area contributed by atoms with Gasteiger partial charge in [-0.25, -0.2) is 14.6 Å². The van der Waals surface area contributed by atoms with Gasteiger partial charge < -0.3 is 20.3 Å².